The minimum absolute atomic E-state index is 0.409. The maximum absolute atomic E-state index is 2.46. The molecule has 0 nitrogen and oxygen atoms in total. The Morgan fingerprint density at radius 1 is 1.25 bits per heavy atom. The van der Waals surface area contributed by atoms with Crippen molar-refractivity contribution in [2.45, 2.75) is 16.8 Å². The molecule has 0 atom stereocenters. The van der Waals surface area contributed by atoms with Crippen LogP contribution in [0.1, 0.15) is 0 Å². The summed E-state index contributed by atoms with van der Waals surface area (Å²) < 4.78 is 0. The molecule has 0 rings (SSSR count). The Bertz CT molecular complexity index is 44.5. The van der Waals surface area contributed by atoms with Crippen molar-refractivity contribution in [2.24, 2.45) is 0 Å². The van der Waals surface area contributed by atoms with Crippen molar-refractivity contribution in [1.29, 1.82) is 0 Å². The van der Waals surface area contributed by atoms with E-state index in [4.69, 9.17) is 0 Å². The van der Waals surface area contributed by atoms with Crippen LogP contribution >= 0.6 is 7.92 Å². The molecule has 0 fully saturated rings. The van der Waals surface area contributed by atoms with Crippen molar-refractivity contribution >= 4 is 22.3 Å². The van der Waals surface area contributed by atoms with Gasteiger partial charge in [0.2, 0.25) is 0 Å². The molecular formula is C6H16GeP. The summed E-state index contributed by atoms with van der Waals surface area (Å²) >= 11 is -0.433. The Morgan fingerprint density at radius 3 is 1.88 bits per heavy atom. The van der Waals surface area contributed by atoms with Crippen LogP contribution in [0.3, 0.4) is 0 Å². The molecule has 0 aromatic heterocycles. The zero-order valence-electron chi connectivity index (χ0n) is 6.36. The van der Waals surface area contributed by atoms with Gasteiger partial charge in [0.05, 0.1) is 0 Å². The van der Waals surface area contributed by atoms with Crippen LogP contribution in [-0.4, -0.2) is 33.8 Å². The first-order chi connectivity index (χ1) is 3.63. The van der Waals surface area contributed by atoms with Gasteiger partial charge in [0.1, 0.15) is 0 Å². The SMILES string of the molecule is CP(C)C[CH2][Ge]([CH3])[CH3]. The summed E-state index contributed by atoms with van der Waals surface area (Å²) in [7, 11) is 0.409. The van der Waals surface area contributed by atoms with Gasteiger partial charge in [-0.25, -0.2) is 0 Å². The topological polar surface area (TPSA) is 0 Å². The van der Waals surface area contributed by atoms with Gasteiger partial charge in [-0.2, -0.15) is 0 Å². The number of rotatable bonds is 3. The third-order valence-electron chi connectivity index (χ3n) is 1.06. The van der Waals surface area contributed by atoms with E-state index in [-0.39, 0.29) is 0 Å². The first-order valence-electron chi connectivity index (χ1n) is 3.06. The van der Waals surface area contributed by atoms with E-state index in [0.717, 1.165) is 0 Å². The summed E-state index contributed by atoms with van der Waals surface area (Å²) in [5.41, 5.74) is 0. The molecule has 0 unspecified atom stereocenters. The molecule has 0 N–H and O–H groups in total. The molecule has 0 aliphatic carbocycles. The molecule has 8 heavy (non-hydrogen) atoms. The van der Waals surface area contributed by atoms with Crippen LogP contribution in [-0.2, 0) is 0 Å². The molecule has 0 amide bonds. The third-order valence-corrected chi connectivity index (χ3v) is 5.68. The van der Waals surface area contributed by atoms with E-state index in [1.54, 1.807) is 5.25 Å². The monoisotopic (exact) mass is 193 g/mol. The van der Waals surface area contributed by atoms with Crippen molar-refractivity contribution in [3.63, 3.8) is 0 Å². The molecule has 0 saturated carbocycles. The average Bonchev–Trinajstić information content (AvgIpc) is 1.61. The second-order valence-electron chi connectivity index (χ2n) is 2.76. The predicted octanol–water partition coefficient (Wildman–Crippen LogP) is 2.48. The number of hydrogen-bond acceptors (Lipinski definition) is 0. The Balaban J connectivity index is 2.93. The van der Waals surface area contributed by atoms with Crippen LogP contribution in [0, 0.1) is 0 Å². The van der Waals surface area contributed by atoms with Crippen LogP contribution in [0.25, 0.3) is 0 Å². The second kappa shape index (κ2) is 4.81. The molecule has 0 aliphatic rings. The minimum atomic E-state index is -0.433. The van der Waals surface area contributed by atoms with Gasteiger partial charge in [-0.3, -0.25) is 0 Å². The summed E-state index contributed by atoms with van der Waals surface area (Å²) in [6, 6.07) is 0. The Hall–Kier alpha value is 0.973. The Kier molecular flexibility index (Phi) is 5.40. The van der Waals surface area contributed by atoms with Crippen LogP contribution < -0.4 is 0 Å². The summed E-state index contributed by atoms with van der Waals surface area (Å²) in [5, 5.41) is 1.58. The van der Waals surface area contributed by atoms with Crippen molar-refractivity contribution < 1.29 is 0 Å². The van der Waals surface area contributed by atoms with E-state index >= 15 is 0 Å². The zero-order valence-corrected chi connectivity index (χ0v) is 9.35. The van der Waals surface area contributed by atoms with Gasteiger partial charge in [0.15, 0.2) is 0 Å². The Morgan fingerprint density at radius 2 is 1.75 bits per heavy atom. The molecular weight excluding hydrogens is 176 g/mol. The van der Waals surface area contributed by atoms with Crippen molar-refractivity contribution in [2.75, 3.05) is 19.5 Å². The molecule has 49 valence electrons. The molecule has 0 aromatic carbocycles. The van der Waals surface area contributed by atoms with Gasteiger partial charge < -0.3 is 0 Å². The molecule has 0 aromatic rings. The molecule has 0 bridgehead atoms. The third kappa shape index (κ3) is 6.97. The summed E-state index contributed by atoms with van der Waals surface area (Å²) in [6.45, 7) is 4.74. The van der Waals surface area contributed by atoms with Gasteiger partial charge in [-0.15, -0.1) is 0 Å². The van der Waals surface area contributed by atoms with E-state index in [1.165, 1.54) is 6.16 Å². The summed E-state index contributed by atoms with van der Waals surface area (Å²) in [4.78, 5) is 0. The second-order valence-corrected chi connectivity index (χ2v) is 11.5. The van der Waals surface area contributed by atoms with Gasteiger partial charge >= 0.3 is 58.5 Å². The summed E-state index contributed by atoms with van der Waals surface area (Å²) in [6.07, 6.45) is 1.53. The first-order valence-corrected chi connectivity index (χ1v) is 11.2. The molecule has 0 saturated heterocycles. The first kappa shape index (κ1) is 8.97. The number of hydrogen-bond donors (Lipinski definition) is 0. The molecule has 0 aliphatic heterocycles. The quantitative estimate of drug-likeness (QED) is 0.475. The normalized spacial score (nSPS) is 11.2. The fourth-order valence-electron chi connectivity index (χ4n) is 0.447. The van der Waals surface area contributed by atoms with Crippen molar-refractivity contribution in [3.05, 3.63) is 0 Å². The van der Waals surface area contributed by atoms with Crippen molar-refractivity contribution in [3.8, 4) is 0 Å². The van der Waals surface area contributed by atoms with E-state index < -0.39 is 14.3 Å². The van der Waals surface area contributed by atoms with Crippen LogP contribution in [0.15, 0.2) is 0 Å². The van der Waals surface area contributed by atoms with Crippen LogP contribution in [0.5, 0.6) is 0 Å². The van der Waals surface area contributed by atoms with E-state index in [9.17, 15) is 0 Å². The zero-order chi connectivity index (χ0) is 6.57. The van der Waals surface area contributed by atoms with Crippen LogP contribution in [0.2, 0.25) is 16.8 Å². The Labute approximate surface area is 58.9 Å². The molecule has 2 heteroatoms. The predicted molar refractivity (Wildman–Crippen MR) is 45.9 cm³/mol. The van der Waals surface area contributed by atoms with Gasteiger partial charge in [-0.1, -0.05) is 0 Å². The van der Waals surface area contributed by atoms with Gasteiger partial charge in [0, 0.05) is 0 Å². The fraction of sp³-hybridized carbons (Fsp3) is 1.00. The maximum atomic E-state index is 2.46. The van der Waals surface area contributed by atoms with Crippen LogP contribution in [0.4, 0.5) is 0 Å². The molecule has 0 heterocycles. The molecule has 1 radical (unpaired) electrons. The van der Waals surface area contributed by atoms with E-state index in [1.807, 2.05) is 0 Å². The molecule has 0 spiro atoms. The van der Waals surface area contributed by atoms with Gasteiger partial charge in [-0.05, 0) is 0 Å². The van der Waals surface area contributed by atoms with Crippen molar-refractivity contribution in [1.82, 2.24) is 0 Å². The standard InChI is InChI=1S/C6H16GeP/c1-7(2)5-6-8(3)4/h5-6H2,1-4H3. The average molecular weight is 192 g/mol. The van der Waals surface area contributed by atoms with E-state index in [2.05, 4.69) is 24.8 Å². The summed E-state index contributed by atoms with van der Waals surface area (Å²) in [5.74, 6) is 4.91. The fourth-order valence-corrected chi connectivity index (χ4v) is 6.97. The van der Waals surface area contributed by atoms with E-state index in [0.29, 0.717) is 7.92 Å². The van der Waals surface area contributed by atoms with Gasteiger partial charge in [0.25, 0.3) is 0 Å².